The summed E-state index contributed by atoms with van der Waals surface area (Å²) in [7, 11) is 1.60. The zero-order valence-corrected chi connectivity index (χ0v) is 14.1. The number of methoxy groups -OCH3 is 1. The molecular formula is C19H23NO4. The second-order valence-corrected chi connectivity index (χ2v) is 5.13. The molecule has 5 heteroatoms. The highest BCUT2D eigenvalue weighted by atomic mass is 16.5. The predicted octanol–water partition coefficient (Wildman–Crippen LogP) is 3.29. The SMILES string of the molecule is CCCOc1ccc(C(=O)NCCOc2ccccc2OC)cc1. The van der Waals surface area contributed by atoms with Gasteiger partial charge in [-0.1, -0.05) is 19.1 Å². The molecule has 5 nitrogen and oxygen atoms in total. The lowest BCUT2D eigenvalue weighted by molar-refractivity contribution is 0.0947. The minimum atomic E-state index is -0.138. The van der Waals surface area contributed by atoms with Crippen LogP contribution in [0.25, 0.3) is 0 Å². The number of amides is 1. The van der Waals surface area contributed by atoms with Gasteiger partial charge in [-0.15, -0.1) is 0 Å². The summed E-state index contributed by atoms with van der Waals surface area (Å²) < 4.78 is 16.3. The lowest BCUT2D eigenvalue weighted by Gasteiger charge is -2.11. The highest BCUT2D eigenvalue weighted by Gasteiger charge is 2.06. The lowest BCUT2D eigenvalue weighted by atomic mass is 10.2. The van der Waals surface area contributed by atoms with E-state index in [1.807, 2.05) is 24.3 Å². The molecule has 0 fully saturated rings. The van der Waals surface area contributed by atoms with Gasteiger partial charge in [0.25, 0.3) is 5.91 Å². The molecule has 0 saturated carbocycles. The molecule has 0 aliphatic carbocycles. The summed E-state index contributed by atoms with van der Waals surface area (Å²) >= 11 is 0. The summed E-state index contributed by atoms with van der Waals surface area (Å²) in [6.07, 6.45) is 0.953. The van der Waals surface area contributed by atoms with Gasteiger partial charge in [0, 0.05) is 5.56 Å². The molecule has 1 amide bonds. The third-order valence-corrected chi connectivity index (χ3v) is 3.30. The molecular weight excluding hydrogens is 306 g/mol. The molecule has 128 valence electrons. The van der Waals surface area contributed by atoms with Crippen molar-refractivity contribution >= 4 is 5.91 Å². The first-order valence-corrected chi connectivity index (χ1v) is 8.01. The molecule has 0 aliphatic heterocycles. The first-order chi connectivity index (χ1) is 11.7. The van der Waals surface area contributed by atoms with Crippen LogP contribution in [0.4, 0.5) is 0 Å². The summed E-state index contributed by atoms with van der Waals surface area (Å²) in [5.41, 5.74) is 0.594. The molecule has 0 aliphatic rings. The van der Waals surface area contributed by atoms with Gasteiger partial charge in [0.1, 0.15) is 12.4 Å². The molecule has 2 aromatic carbocycles. The molecule has 2 aromatic rings. The van der Waals surface area contributed by atoms with Crippen LogP contribution in [0, 0.1) is 0 Å². The number of nitrogens with one attached hydrogen (secondary N) is 1. The van der Waals surface area contributed by atoms with E-state index in [0.717, 1.165) is 12.2 Å². The van der Waals surface area contributed by atoms with Gasteiger partial charge in [-0.05, 0) is 42.8 Å². The first kappa shape index (κ1) is 17.7. The fourth-order valence-corrected chi connectivity index (χ4v) is 2.09. The van der Waals surface area contributed by atoms with Crippen molar-refractivity contribution in [1.29, 1.82) is 0 Å². The number of carbonyl (C=O) groups is 1. The van der Waals surface area contributed by atoms with Crippen LogP contribution in [-0.4, -0.2) is 32.8 Å². The van der Waals surface area contributed by atoms with Gasteiger partial charge in [0.15, 0.2) is 11.5 Å². The number of hydrogen-bond donors (Lipinski definition) is 1. The highest BCUT2D eigenvalue weighted by molar-refractivity contribution is 5.94. The largest absolute Gasteiger partial charge is 0.494 e. The van der Waals surface area contributed by atoms with E-state index < -0.39 is 0 Å². The van der Waals surface area contributed by atoms with Crippen molar-refractivity contribution in [3.63, 3.8) is 0 Å². The Hall–Kier alpha value is -2.69. The Kier molecular flexibility index (Phi) is 6.95. The Labute approximate surface area is 142 Å². The second-order valence-electron chi connectivity index (χ2n) is 5.13. The van der Waals surface area contributed by atoms with E-state index in [2.05, 4.69) is 12.2 Å². The molecule has 24 heavy (non-hydrogen) atoms. The van der Waals surface area contributed by atoms with Gasteiger partial charge < -0.3 is 19.5 Å². The molecule has 0 radical (unpaired) electrons. The fourth-order valence-electron chi connectivity index (χ4n) is 2.09. The Morgan fingerprint density at radius 1 is 0.958 bits per heavy atom. The van der Waals surface area contributed by atoms with Crippen LogP contribution in [0.15, 0.2) is 48.5 Å². The quantitative estimate of drug-likeness (QED) is 0.717. The van der Waals surface area contributed by atoms with Crippen molar-refractivity contribution in [2.24, 2.45) is 0 Å². The Balaban J connectivity index is 1.76. The zero-order chi connectivity index (χ0) is 17.2. The Bertz CT molecular complexity index is 640. The summed E-state index contributed by atoms with van der Waals surface area (Å²) in [4.78, 5) is 12.1. The summed E-state index contributed by atoms with van der Waals surface area (Å²) in [6, 6.07) is 14.5. The average Bonchev–Trinajstić information content (AvgIpc) is 2.64. The van der Waals surface area contributed by atoms with Crippen molar-refractivity contribution in [1.82, 2.24) is 5.32 Å². The predicted molar refractivity (Wildman–Crippen MR) is 93.1 cm³/mol. The standard InChI is InChI=1S/C19H23NO4/c1-3-13-23-16-10-8-15(9-11-16)19(21)20-12-14-24-18-7-5-4-6-17(18)22-2/h4-11H,3,12-14H2,1-2H3,(H,20,21). The van der Waals surface area contributed by atoms with Crippen LogP contribution in [-0.2, 0) is 0 Å². The third-order valence-electron chi connectivity index (χ3n) is 3.30. The maximum atomic E-state index is 12.1. The van der Waals surface area contributed by atoms with Gasteiger partial charge in [-0.2, -0.15) is 0 Å². The van der Waals surface area contributed by atoms with E-state index in [-0.39, 0.29) is 5.91 Å². The third kappa shape index (κ3) is 5.19. The van der Waals surface area contributed by atoms with Crippen LogP contribution in [0.1, 0.15) is 23.7 Å². The number of para-hydroxylation sites is 2. The number of rotatable bonds is 9. The van der Waals surface area contributed by atoms with Crippen molar-refractivity contribution in [3.05, 3.63) is 54.1 Å². The number of benzene rings is 2. The van der Waals surface area contributed by atoms with Crippen LogP contribution in [0.5, 0.6) is 17.2 Å². The molecule has 1 N–H and O–H groups in total. The van der Waals surface area contributed by atoms with Gasteiger partial charge in [0.05, 0.1) is 20.3 Å². The minimum Gasteiger partial charge on any atom is -0.494 e. The van der Waals surface area contributed by atoms with Crippen LogP contribution >= 0.6 is 0 Å². The molecule has 0 aromatic heterocycles. The number of ether oxygens (including phenoxy) is 3. The molecule has 0 atom stereocenters. The maximum absolute atomic E-state index is 12.1. The average molecular weight is 329 g/mol. The molecule has 0 spiro atoms. The van der Waals surface area contributed by atoms with Gasteiger partial charge >= 0.3 is 0 Å². The van der Waals surface area contributed by atoms with E-state index in [1.165, 1.54) is 0 Å². The topological polar surface area (TPSA) is 56.8 Å². The van der Waals surface area contributed by atoms with E-state index >= 15 is 0 Å². The summed E-state index contributed by atoms with van der Waals surface area (Å²) in [5.74, 6) is 1.96. The Morgan fingerprint density at radius 3 is 2.33 bits per heavy atom. The van der Waals surface area contributed by atoms with Crippen molar-refractivity contribution in [3.8, 4) is 17.2 Å². The van der Waals surface area contributed by atoms with Gasteiger partial charge in [0.2, 0.25) is 0 Å². The van der Waals surface area contributed by atoms with Crippen molar-refractivity contribution in [2.75, 3.05) is 26.9 Å². The monoisotopic (exact) mass is 329 g/mol. The van der Waals surface area contributed by atoms with Gasteiger partial charge in [-0.3, -0.25) is 4.79 Å². The van der Waals surface area contributed by atoms with E-state index in [0.29, 0.717) is 36.8 Å². The van der Waals surface area contributed by atoms with Crippen LogP contribution in [0.3, 0.4) is 0 Å². The van der Waals surface area contributed by atoms with E-state index in [1.54, 1.807) is 31.4 Å². The molecule has 2 rings (SSSR count). The van der Waals surface area contributed by atoms with E-state index in [4.69, 9.17) is 14.2 Å². The van der Waals surface area contributed by atoms with Crippen molar-refractivity contribution < 1.29 is 19.0 Å². The molecule has 0 saturated heterocycles. The summed E-state index contributed by atoms with van der Waals surface area (Å²) in [6.45, 7) is 3.50. The lowest BCUT2D eigenvalue weighted by Crippen LogP contribution is -2.28. The highest BCUT2D eigenvalue weighted by Crippen LogP contribution is 2.25. The number of hydrogen-bond acceptors (Lipinski definition) is 4. The van der Waals surface area contributed by atoms with Crippen LogP contribution < -0.4 is 19.5 Å². The molecule has 0 heterocycles. The Morgan fingerprint density at radius 2 is 1.67 bits per heavy atom. The molecule has 0 bridgehead atoms. The van der Waals surface area contributed by atoms with Gasteiger partial charge in [-0.25, -0.2) is 0 Å². The second kappa shape index (κ2) is 9.45. The maximum Gasteiger partial charge on any atom is 0.251 e. The van der Waals surface area contributed by atoms with E-state index in [9.17, 15) is 4.79 Å². The summed E-state index contributed by atoms with van der Waals surface area (Å²) in [5, 5.41) is 2.82. The smallest absolute Gasteiger partial charge is 0.251 e. The zero-order valence-electron chi connectivity index (χ0n) is 14.1. The first-order valence-electron chi connectivity index (χ1n) is 8.01. The van der Waals surface area contributed by atoms with Crippen molar-refractivity contribution in [2.45, 2.75) is 13.3 Å². The number of carbonyl (C=O) groups excluding carboxylic acids is 1. The van der Waals surface area contributed by atoms with Crippen LogP contribution in [0.2, 0.25) is 0 Å². The fraction of sp³-hybridized carbons (Fsp3) is 0.316. The minimum absolute atomic E-state index is 0.138. The molecule has 0 unspecified atom stereocenters. The normalized spacial score (nSPS) is 10.1.